The van der Waals surface area contributed by atoms with Gasteiger partial charge in [0.05, 0.1) is 0 Å². The SMILES string of the molecule is Nc1n[nH]c(-c2ccccn2)n1.O=Cc1ccccc1.c1ccc(CCc2nc(-c3ccccn3)n[nH]2)cc1. The number of anilines is 1. The fourth-order valence-electron chi connectivity index (χ4n) is 3.35. The smallest absolute Gasteiger partial charge is 0.239 e. The molecule has 4 heterocycles. The molecule has 10 nitrogen and oxygen atoms in total. The number of aldehydes is 1. The van der Waals surface area contributed by atoms with Gasteiger partial charge < -0.3 is 5.73 Å². The van der Waals surface area contributed by atoms with Crippen LogP contribution in [0.1, 0.15) is 21.7 Å². The number of benzene rings is 2. The van der Waals surface area contributed by atoms with Crippen LogP contribution < -0.4 is 5.73 Å². The first-order valence-corrected chi connectivity index (χ1v) is 12.2. The molecule has 0 saturated carbocycles. The Bertz CT molecular complexity index is 1520. The third kappa shape index (κ3) is 8.53. The Morgan fingerprint density at radius 2 is 1.31 bits per heavy atom. The third-order valence-corrected chi connectivity index (χ3v) is 5.26. The van der Waals surface area contributed by atoms with Crippen molar-refractivity contribution < 1.29 is 4.79 Å². The van der Waals surface area contributed by atoms with Crippen molar-refractivity contribution in [3.05, 3.63) is 126 Å². The second kappa shape index (κ2) is 14.3. The van der Waals surface area contributed by atoms with E-state index in [2.05, 4.69) is 64.6 Å². The second-order valence-electron chi connectivity index (χ2n) is 8.09. The molecule has 0 atom stereocenters. The number of nitrogen functional groups attached to an aromatic ring is 1. The highest BCUT2D eigenvalue weighted by atomic mass is 16.1. The molecule has 0 spiro atoms. The van der Waals surface area contributed by atoms with Gasteiger partial charge in [0.15, 0.2) is 11.6 Å². The van der Waals surface area contributed by atoms with E-state index >= 15 is 0 Å². The number of nitrogens with one attached hydrogen (secondary N) is 2. The van der Waals surface area contributed by atoms with Crippen molar-refractivity contribution in [2.75, 3.05) is 5.73 Å². The molecule has 2 aromatic carbocycles. The highest BCUT2D eigenvalue weighted by Gasteiger charge is 2.06. The number of hydrogen-bond donors (Lipinski definition) is 3. The largest absolute Gasteiger partial charge is 0.366 e. The van der Waals surface area contributed by atoms with Crippen molar-refractivity contribution >= 4 is 12.2 Å². The van der Waals surface area contributed by atoms with Gasteiger partial charge in [-0.1, -0.05) is 72.8 Å². The van der Waals surface area contributed by atoms with Gasteiger partial charge in [-0.2, -0.15) is 10.1 Å². The van der Waals surface area contributed by atoms with Gasteiger partial charge in [-0.3, -0.25) is 25.0 Å². The minimum Gasteiger partial charge on any atom is -0.366 e. The molecule has 4 aromatic heterocycles. The number of nitrogens with two attached hydrogens (primary N) is 1. The molecule has 0 unspecified atom stereocenters. The van der Waals surface area contributed by atoms with E-state index in [-0.39, 0.29) is 5.95 Å². The van der Waals surface area contributed by atoms with Gasteiger partial charge in [-0.05, 0) is 36.2 Å². The summed E-state index contributed by atoms with van der Waals surface area (Å²) in [6.45, 7) is 0. The number of aromatic amines is 2. The quantitative estimate of drug-likeness (QED) is 0.271. The van der Waals surface area contributed by atoms with E-state index in [1.807, 2.05) is 60.7 Å². The number of aryl methyl sites for hydroxylation is 2. The van der Waals surface area contributed by atoms with Crippen LogP contribution in [0, 0.1) is 0 Å². The highest BCUT2D eigenvalue weighted by molar-refractivity contribution is 5.74. The van der Waals surface area contributed by atoms with Crippen LogP contribution in [0.4, 0.5) is 5.95 Å². The average molecular weight is 518 g/mol. The van der Waals surface area contributed by atoms with Crippen LogP contribution >= 0.6 is 0 Å². The number of carbonyl (C=O) groups is 1. The zero-order valence-electron chi connectivity index (χ0n) is 21.1. The van der Waals surface area contributed by atoms with Gasteiger partial charge in [0.1, 0.15) is 23.5 Å². The van der Waals surface area contributed by atoms with E-state index in [1.54, 1.807) is 24.5 Å². The predicted octanol–water partition coefficient (Wildman–Crippen LogP) is 4.60. The van der Waals surface area contributed by atoms with Crippen molar-refractivity contribution in [2.45, 2.75) is 12.8 Å². The average Bonchev–Trinajstić information content (AvgIpc) is 3.68. The topological polar surface area (TPSA) is 152 Å². The van der Waals surface area contributed by atoms with Crippen molar-refractivity contribution in [1.29, 1.82) is 0 Å². The molecule has 0 bridgehead atoms. The van der Waals surface area contributed by atoms with E-state index in [4.69, 9.17) is 5.73 Å². The molecule has 0 amide bonds. The molecule has 194 valence electrons. The maximum absolute atomic E-state index is 10.0. The first kappa shape index (κ1) is 26.6. The van der Waals surface area contributed by atoms with Crippen LogP contribution in [0.15, 0.2) is 109 Å². The van der Waals surface area contributed by atoms with Gasteiger partial charge in [-0.25, -0.2) is 4.98 Å². The van der Waals surface area contributed by atoms with Gasteiger partial charge in [0.25, 0.3) is 0 Å². The molecule has 6 aromatic rings. The summed E-state index contributed by atoms with van der Waals surface area (Å²) >= 11 is 0. The Balaban J connectivity index is 0.000000150. The molecule has 0 saturated heterocycles. The minimum atomic E-state index is 0.232. The molecule has 0 fully saturated rings. The lowest BCUT2D eigenvalue weighted by Gasteiger charge is -1.97. The summed E-state index contributed by atoms with van der Waals surface area (Å²) in [5.74, 6) is 2.37. The number of aromatic nitrogens is 8. The summed E-state index contributed by atoms with van der Waals surface area (Å²) in [4.78, 5) is 26.7. The molecule has 0 aliphatic rings. The Morgan fingerprint density at radius 1 is 0.667 bits per heavy atom. The summed E-state index contributed by atoms with van der Waals surface area (Å²) in [6, 6.07) is 30.7. The Hall–Kier alpha value is -5.51. The van der Waals surface area contributed by atoms with Gasteiger partial charge in [0, 0.05) is 24.4 Å². The molecule has 39 heavy (non-hydrogen) atoms. The summed E-state index contributed by atoms with van der Waals surface area (Å²) < 4.78 is 0. The van der Waals surface area contributed by atoms with Crippen molar-refractivity contribution in [1.82, 2.24) is 40.3 Å². The molecular formula is C29H27N9O. The first-order chi connectivity index (χ1) is 19.2. The monoisotopic (exact) mass is 517 g/mol. The molecule has 4 N–H and O–H groups in total. The van der Waals surface area contributed by atoms with Crippen LogP contribution in [0.5, 0.6) is 0 Å². The lowest BCUT2D eigenvalue weighted by atomic mass is 10.1. The standard InChI is InChI=1S/C15H14N4.C7H7N5.C7H6O/c1-2-6-12(7-3-1)9-10-14-17-15(19-18-14)13-8-4-5-11-16-13;8-7-10-6(11-12-7)5-3-1-2-4-9-5;8-6-7-4-2-1-3-5-7/h1-8,11H,9-10H2,(H,17,18,19);1-4H,(H3,8,10,11,12);1-6H. The van der Waals surface area contributed by atoms with Gasteiger partial charge in [0.2, 0.25) is 5.95 Å². The third-order valence-electron chi connectivity index (χ3n) is 5.26. The molecule has 6 rings (SSSR count). The second-order valence-corrected chi connectivity index (χ2v) is 8.09. The molecule has 0 aliphatic carbocycles. The molecule has 0 aliphatic heterocycles. The first-order valence-electron chi connectivity index (χ1n) is 12.2. The van der Waals surface area contributed by atoms with Gasteiger partial charge >= 0.3 is 0 Å². The summed E-state index contributed by atoms with van der Waals surface area (Å²) in [7, 11) is 0. The van der Waals surface area contributed by atoms with Gasteiger partial charge in [-0.15, -0.1) is 5.10 Å². The Kier molecular flexibility index (Phi) is 9.73. The number of hydrogen-bond acceptors (Lipinski definition) is 8. The summed E-state index contributed by atoms with van der Waals surface area (Å²) in [5, 5.41) is 13.5. The van der Waals surface area contributed by atoms with Crippen molar-refractivity contribution in [3.63, 3.8) is 0 Å². The van der Waals surface area contributed by atoms with E-state index in [0.717, 1.165) is 41.9 Å². The van der Waals surface area contributed by atoms with Crippen LogP contribution in [-0.4, -0.2) is 46.6 Å². The van der Waals surface area contributed by atoms with Crippen LogP contribution in [0.25, 0.3) is 23.0 Å². The maximum atomic E-state index is 10.0. The van der Waals surface area contributed by atoms with E-state index in [1.165, 1.54) is 5.56 Å². The Morgan fingerprint density at radius 3 is 1.87 bits per heavy atom. The zero-order valence-corrected chi connectivity index (χ0v) is 21.1. The lowest BCUT2D eigenvalue weighted by molar-refractivity contribution is 0.112. The fourth-order valence-corrected chi connectivity index (χ4v) is 3.35. The maximum Gasteiger partial charge on any atom is 0.239 e. The van der Waals surface area contributed by atoms with E-state index < -0.39 is 0 Å². The zero-order chi connectivity index (χ0) is 27.1. The number of carbonyl (C=O) groups excluding carboxylic acids is 1. The number of rotatable bonds is 6. The van der Waals surface area contributed by atoms with Crippen LogP contribution in [0.2, 0.25) is 0 Å². The summed E-state index contributed by atoms with van der Waals surface area (Å²) in [6.07, 6.45) is 6.07. The van der Waals surface area contributed by atoms with Crippen LogP contribution in [0.3, 0.4) is 0 Å². The number of pyridine rings is 2. The Labute approximate surface area is 225 Å². The van der Waals surface area contributed by atoms with E-state index in [0.29, 0.717) is 11.6 Å². The fraction of sp³-hybridized carbons (Fsp3) is 0.0690. The normalized spacial score (nSPS) is 9.95. The van der Waals surface area contributed by atoms with Crippen LogP contribution in [-0.2, 0) is 12.8 Å². The highest BCUT2D eigenvalue weighted by Crippen LogP contribution is 2.12. The molecule has 10 heteroatoms. The molecule has 0 radical (unpaired) electrons. The van der Waals surface area contributed by atoms with E-state index in [9.17, 15) is 4.79 Å². The summed E-state index contributed by atoms with van der Waals surface area (Å²) in [5.41, 5.74) is 8.90. The molecular weight excluding hydrogens is 490 g/mol. The number of H-pyrrole nitrogens is 2. The van der Waals surface area contributed by atoms with Crippen molar-refractivity contribution in [3.8, 4) is 23.0 Å². The van der Waals surface area contributed by atoms with Crippen molar-refractivity contribution in [2.24, 2.45) is 0 Å². The number of nitrogens with zero attached hydrogens (tertiary/aromatic N) is 6. The minimum absolute atomic E-state index is 0.232. The predicted molar refractivity (Wildman–Crippen MR) is 149 cm³/mol. The lowest BCUT2D eigenvalue weighted by Crippen LogP contribution is -1.93.